The van der Waals surface area contributed by atoms with Gasteiger partial charge in [-0.2, -0.15) is 0 Å². The van der Waals surface area contributed by atoms with Crippen molar-refractivity contribution in [3.8, 4) is 0 Å². The third-order valence-corrected chi connectivity index (χ3v) is 4.90. The Balaban J connectivity index is 1.41. The number of rotatable bonds is 4. The molecule has 0 saturated carbocycles. The van der Waals surface area contributed by atoms with Gasteiger partial charge >= 0.3 is 0 Å². The Bertz CT molecular complexity index is 1140. The van der Waals surface area contributed by atoms with Gasteiger partial charge in [0.15, 0.2) is 5.58 Å². The fraction of sp³-hybridized carbons (Fsp3) is 0.190. The molecule has 0 fully saturated rings. The van der Waals surface area contributed by atoms with E-state index in [1.54, 1.807) is 36.4 Å². The summed E-state index contributed by atoms with van der Waals surface area (Å²) in [4.78, 5) is 38.2. The average Bonchev–Trinajstić information content (AvgIpc) is 3.06. The van der Waals surface area contributed by atoms with Gasteiger partial charge in [-0.1, -0.05) is 23.7 Å². The highest BCUT2D eigenvalue weighted by atomic mass is 35.5. The van der Waals surface area contributed by atoms with Gasteiger partial charge < -0.3 is 20.0 Å². The summed E-state index contributed by atoms with van der Waals surface area (Å²) in [5, 5.41) is 6.68. The van der Waals surface area contributed by atoms with Crippen molar-refractivity contribution in [2.75, 3.05) is 22.1 Å². The molecule has 29 heavy (non-hydrogen) atoms. The highest BCUT2D eigenvalue weighted by Crippen LogP contribution is 2.31. The van der Waals surface area contributed by atoms with Crippen molar-refractivity contribution < 1.29 is 18.8 Å². The number of fused-ring (bicyclic) bond motifs is 2. The normalized spacial score (nSPS) is 13.2. The molecule has 1 aliphatic rings. The van der Waals surface area contributed by atoms with E-state index in [9.17, 15) is 14.4 Å². The van der Waals surface area contributed by atoms with Gasteiger partial charge in [-0.05, 0) is 37.3 Å². The highest BCUT2D eigenvalue weighted by Gasteiger charge is 2.26. The van der Waals surface area contributed by atoms with E-state index >= 15 is 0 Å². The largest absolute Gasteiger partial charge is 0.460 e. The van der Waals surface area contributed by atoms with E-state index in [0.29, 0.717) is 27.7 Å². The van der Waals surface area contributed by atoms with Crippen molar-refractivity contribution >= 4 is 57.4 Å². The zero-order valence-electron chi connectivity index (χ0n) is 15.6. The van der Waals surface area contributed by atoms with Crippen LogP contribution in [0, 0.1) is 6.92 Å². The molecular formula is C21H18ClN3O4. The van der Waals surface area contributed by atoms with Crippen molar-refractivity contribution in [3.05, 3.63) is 53.2 Å². The summed E-state index contributed by atoms with van der Waals surface area (Å²) in [6.45, 7) is 1.75. The zero-order valence-corrected chi connectivity index (χ0v) is 16.4. The fourth-order valence-electron chi connectivity index (χ4n) is 3.35. The maximum atomic E-state index is 12.6. The van der Waals surface area contributed by atoms with Gasteiger partial charge in [0.05, 0.1) is 16.4 Å². The van der Waals surface area contributed by atoms with Crippen LogP contribution in [0.1, 0.15) is 18.6 Å². The Kier molecular flexibility index (Phi) is 4.98. The molecule has 0 aliphatic carbocycles. The molecule has 148 valence electrons. The maximum Gasteiger partial charge on any atom is 0.244 e. The van der Waals surface area contributed by atoms with E-state index in [1.165, 1.54) is 4.90 Å². The van der Waals surface area contributed by atoms with Crippen molar-refractivity contribution in [1.29, 1.82) is 0 Å². The Hall–Kier alpha value is -3.32. The molecule has 1 aliphatic heterocycles. The molecule has 2 heterocycles. The van der Waals surface area contributed by atoms with Gasteiger partial charge in [0.2, 0.25) is 17.7 Å². The monoisotopic (exact) mass is 411 g/mol. The summed E-state index contributed by atoms with van der Waals surface area (Å²) < 4.78 is 5.51. The number of hydrogen-bond donors (Lipinski definition) is 2. The highest BCUT2D eigenvalue weighted by molar-refractivity contribution is 6.35. The van der Waals surface area contributed by atoms with Crippen LogP contribution in [0.5, 0.6) is 0 Å². The molecular weight excluding hydrogens is 394 g/mol. The molecule has 0 saturated heterocycles. The van der Waals surface area contributed by atoms with E-state index in [-0.39, 0.29) is 37.1 Å². The second-order valence-electron chi connectivity index (χ2n) is 6.83. The summed E-state index contributed by atoms with van der Waals surface area (Å²) in [6.07, 6.45) is -0.0343. The zero-order chi connectivity index (χ0) is 20.5. The van der Waals surface area contributed by atoms with Crippen LogP contribution in [-0.4, -0.2) is 24.3 Å². The lowest BCUT2D eigenvalue weighted by atomic mass is 10.1. The van der Waals surface area contributed by atoms with Gasteiger partial charge in [-0.3, -0.25) is 14.4 Å². The Morgan fingerprint density at radius 3 is 2.83 bits per heavy atom. The molecule has 8 heteroatoms. The SMILES string of the molecule is Cc1cc2cc(NC(=O)CCC(=O)N3CC(=O)Nc4ccccc43)cc(Cl)c2o1. The fourth-order valence-corrected chi connectivity index (χ4v) is 3.61. The predicted octanol–water partition coefficient (Wildman–Crippen LogP) is 4.10. The van der Waals surface area contributed by atoms with E-state index < -0.39 is 0 Å². The number of furan rings is 1. The smallest absolute Gasteiger partial charge is 0.244 e. The Labute approximate surface area is 171 Å². The quantitative estimate of drug-likeness (QED) is 0.676. The Morgan fingerprint density at radius 2 is 2.00 bits per heavy atom. The molecule has 0 unspecified atom stereocenters. The number of carbonyl (C=O) groups excluding carboxylic acids is 3. The van der Waals surface area contributed by atoms with Gasteiger partial charge in [0, 0.05) is 23.9 Å². The number of nitrogens with zero attached hydrogens (tertiary/aromatic N) is 1. The molecule has 0 spiro atoms. The number of benzene rings is 2. The van der Waals surface area contributed by atoms with E-state index in [0.717, 1.165) is 11.1 Å². The number of para-hydroxylation sites is 2. The number of hydrogen-bond acceptors (Lipinski definition) is 4. The second kappa shape index (κ2) is 7.60. The molecule has 0 radical (unpaired) electrons. The number of aryl methyl sites for hydroxylation is 1. The van der Waals surface area contributed by atoms with Crippen LogP contribution in [0.2, 0.25) is 5.02 Å². The van der Waals surface area contributed by atoms with E-state index in [2.05, 4.69) is 10.6 Å². The number of carbonyl (C=O) groups is 3. The van der Waals surface area contributed by atoms with Crippen molar-refractivity contribution in [2.45, 2.75) is 19.8 Å². The summed E-state index contributed by atoms with van der Waals surface area (Å²) in [5.74, 6) is -0.146. The predicted molar refractivity (Wildman–Crippen MR) is 111 cm³/mol. The van der Waals surface area contributed by atoms with Gasteiger partial charge in [-0.15, -0.1) is 0 Å². The molecule has 2 aromatic carbocycles. The van der Waals surface area contributed by atoms with Crippen molar-refractivity contribution in [2.24, 2.45) is 0 Å². The van der Waals surface area contributed by atoms with Gasteiger partial charge in [0.25, 0.3) is 0 Å². The van der Waals surface area contributed by atoms with Gasteiger partial charge in [0.1, 0.15) is 12.3 Å². The topological polar surface area (TPSA) is 91.7 Å². The van der Waals surface area contributed by atoms with Crippen LogP contribution in [0.4, 0.5) is 17.1 Å². The number of amides is 3. The first-order valence-electron chi connectivity index (χ1n) is 9.09. The number of halogens is 1. The summed E-state index contributed by atoms with van der Waals surface area (Å²) in [5.41, 5.74) is 2.31. The lowest BCUT2D eigenvalue weighted by Crippen LogP contribution is -2.42. The van der Waals surface area contributed by atoms with Crippen LogP contribution in [-0.2, 0) is 14.4 Å². The lowest BCUT2D eigenvalue weighted by Gasteiger charge is -2.29. The number of nitrogens with one attached hydrogen (secondary N) is 2. The van der Waals surface area contributed by atoms with Gasteiger partial charge in [-0.25, -0.2) is 0 Å². The maximum absolute atomic E-state index is 12.6. The molecule has 0 atom stereocenters. The third-order valence-electron chi connectivity index (χ3n) is 4.62. The molecule has 1 aromatic heterocycles. The van der Waals surface area contributed by atoms with Crippen LogP contribution in [0.3, 0.4) is 0 Å². The summed E-state index contributed by atoms with van der Waals surface area (Å²) in [7, 11) is 0. The lowest BCUT2D eigenvalue weighted by molar-refractivity contribution is -0.124. The van der Waals surface area contributed by atoms with Crippen LogP contribution >= 0.6 is 11.6 Å². The third kappa shape index (κ3) is 3.95. The number of anilines is 3. The molecule has 3 aromatic rings. The molecule has 3 amide bonds. The second-order valence-corrected chi connectivity index (χ2v) is 7.23. The molecule has 7 nitrogen and oxygen atoms in total. The summed E-state index contributed by atoms with van der Waals surface area (Å²) >= 11 is 6.21. The van der Waals surface area contributed by atoms with E-state index in [4.69, 9.17) is 16.0 Å². The van der Waals surface area contributed by atoms with Crippen molar-refractivity contribution in [1.82, 2.24) is 0 Å². The van der Waals surface area contributed by atoms with Crippen LogP contribution in [0.25, 0.3) is 11.0 Å². The summed E-state index contributed by atoms with van der Waals surface area (Å²) in [6, 6.07) is 12.3. The van der Waals surface area contributed by atoms with Crippen LogP contribution < -0.4 is 15.5 Å². The Morgan fingerprint density at radius 1 is 1.21 bits per heavy atom. The minimum atomic E-state index is -0.316. The minimum absolute atomic E-state index is 0.0147. The molecule has 0 bridgehead atoms. The van der Waals surface area contributed by atoms with Crippen molar-refractivity contribution in [3.63, 3.8) is 0 Å². The standard InChI is InChI=1S/C21H18ClN3O4/c1-12-8-13-9-14(10-15(22)21(13)29-12)23-18(26)6-7-20(28)25-11-19(27)24-16-4-2-3-5-17(16)25/h2-5,8-10H,6-7,11H2,1H3,(H,23,26)(H,24,27). The first-order chi connectivity index (χ1) is 13.9. The van der Waals surface area contributed by atoms with Crippen LogP contribution in [0.15, 0.2) is 46.9 Å². The molecule has 2 N–H and O–H groups in total. The average molecular weight is 412 g/mol. The molecule has 4 rings (SSSR count). The van der Waals surface area contributed by atoms with E-state index in [1.807, 2.05) is 13.0 Å². The minimum Gasteiger partial charge on any atom is -0.460 e. The first kappa shape index (κ1) is 19.0. The first-order valence-corrected chi connectivity index (χ1v) is 9.47.